The first-order valence-corrected chi connectivity index (χ1v) is 9.80. The molecule has 0 radical (unpaired) electrons. The van der Waals surface area contributed by atoms with Crippen molar-refractivity contribution in [1.82, 2.24) is 0 Å². The number of carbonyl (C=O) groups is 1. The Morgan fingerprint density at radius 3 is 1.96 bits per heavy atom. The van der Waals surface area contributed by atoms with Gasteiger partial charge in [0.1, 0.15) is 6.10 Å². The summed E-state index contributed by atoms with van der Waals surface area (Å²) in [7, 11) is 0. The summed E-state index contributed by atoms with van der Waals surface area (Å²) in [6, 6.07) is 9.58. The van der Waals surface area contributed by atoms with Crippen molar-refractivity contribution in [3.05, 3.63) is 48.6 Å². The molecule has 1 aromatic rings. The van der Waals surface area contributed by atoms with Crippen molar-refractivity contribution in [3.63, 3.8) is 0 Å². The van der Waals surface area contributed by atoms with Crippen molar-refractivity contribution in [1.29, 1.82) is 0 Å². The molecule has 4 heteroatoms. The molecule has 0 bridgehead atoms. The van der Waals surface area contributed by atoms with Gasteiger partial charge in [-0.2, -0.15) is 0 Å². The van der Waals surface area contributed by atoms with E-state index in [-0.39, 0.29) is 12.2 Å². The van der Waals surface area contributed by atoms with E-state index in [1.54, 1.807) is 0 Å². The Bertz CT molecular complexity index is 465. The molecule has 0 amide bonds. The molecular formula is C22H34O4. The Balaban J connectivity index is 0.000000253. The van der Waals surface area contributed by atoms with Gasteiger partial charge in [0.05, 0.1) is 6.61 Å². The van der Waals surface area contributed by atoms with Gasteiger partial charge in [-0.25, -0.2) is 4.79 Å². The van der Waals surface area contributed by atoms with Crippen LogP contribution in [0.2, 0.25) is 0 Å². The van der Waals surface area contributed by atoms with E-state index in [9.17, 15) is 4.79 Å². The van der Waals surface area contributed by atoms with E-state index >= 15 is 0 Å². The molecule has 2 atom stereocenters. The molecular weight excluding hydrogens is 328 g/mol. The van der Waals surface area contributed by atoms with Crippen LogP contribution in [0.4, 0.5) is 0 Å². The van der Waals surface area contributed by atoms with Crippen molar-refractivity contribution in [3.8, 4) is 0 Å². The summed E-state index contributed by atoms with van der Waals surface area (Å²) in [6.07, 6.45) is 9.85. The molecule has 146 valence electrons. The summed E-state index contributed by atoms with van der Waals surface area (Å²) in [5.41, 5.74) is 0.954. The highest BCUT2D eigenvalue weighted by Crippen LogP contribution is 2.30. The van der Waals surface area contributed by atoms with Crippen LogP contribution < -0.4 is 0 Å². The third-order valence-corrected chi connectivity index (χ3v) is 4.14. The maximum atomic E-state index is 11.1. The standard InChI is InChI=1S/C12H12O3.C6H12.C4H10O/c1-2-11(13)15-12(10-8-14-10)9-6-4-3-5-7-9;1-2-4-6-5-3-1;1-3-5-4-2/h2-7,10,12H,1,8H2;1-6H2;3-4H2,1-2H3. The van der Waals surface area contributed by atoms with Crippen molar-refractivity contribution in [2.75, 3.05) is 19.8 Å². The maximum absolute atomic E-state index is 11.1. The summed E-state index contributed by atoms with van der Waals surface area (Å²) in [5.74, 6) is -0.417. The zero-order valence-corrected chi connectivity index (χ0v) is 16.3. The lowest BCUT2D eigenvalue weighted by Gasteiger charge is -2.14. The fraction of sp³-hybridized carbons (Fsp3) is 0.591. The Hall–Kier alpha value is -1.65. The van der Waals surface area contributed by atoms with Crippen LogP contribution in [-0.2, 0) is 19.0 Å². The predicted molar refractivity (Wildman–Crippen MR) is 105 cm³/mol. The van der Waals surface area contributed by atoms with Crippen LogP contribution in [-0.4, -0.2) is 31.9 Å². The minimum absolute atomic E-state index is 0.00343. The Kier molecular flexibility index (Phi) is 12.5. The number of epoxide rings is 1. The summed E-state index contributed by atoms with van der Waals surface area (Å²) in [6.45, 7) is 9.68. The van der Waals surface area contributed by atoms with E-state index < -0.39 is 5.97 Å². The van der Waals surface area contributed by atoms with Crippen LogP contribution in [0.15, 0.2) is 43.0 Å². The molecule has 2 aliphatic rings. The van der Waals surface area contributed by atoms with Gasteiger partial charge in [-0.05, 0) is 19.4 Å². The van der Waals surface area contributed by atoms with Gasteiger partial charge in [-0.15, -0.1) is 0 Å². The van der Waals surface area contributed by atoms with Gasteiger partial charge >= 0.3 is 5.97 Å². The van der Waals surface area contributed by atoms with E-state index in [1.807, 2.05) is 44.2 Å². The van der Waals surface area contributed by atoms with Gasteiger partial charge in [0.2, 0.25) is 0 Å². The third kappa shape index (κ3) is 10.4. The molecule has 1 heterocycles. The minimum atomic E-state index is -0.417. The highest BCUT2D eigenvalue weighted by atomic mass is 16.6. The lowest BCUT2D eigenvalue weighted by molar-refractivity contribution is -0.144. The van der Waals surface area contributed by atoms with Crippen molar-refractivity contribution in [2.45, 2.75) is 64.6 Å². The van der Waals surface area contributed by atoms with Gasteiger partial charge in [0.25, 0.3) is 0 Å². The summed E-state index contributed by atoms with van der Waals surface area (Å²) >= 11 is 0. The predicted octanol–water partition coefficient (Wildman–Crippen LogP) is 5.24. The molecule has 2 fully saturated rings. The monoisotopic (exact) mass is 362 g/mol. The molecule has 0 aromatic heterocycles. The fourth-order valence-corrected chi connectivity index (χ4v) is 2.67. The third-order valence-electron chi connectivity index (χ3n) is 4.14. The number of hydrogen-bond acceptors (Lipinski definition) is 4. The lowest BCUT2D eigenvalue weighted by atomic mass is 10.0. The largest absolute Gasteiger partial charge is 0.451 e. The first kappa shape index (κ1) is 22.4. The lowest BCUT2D eigenvalue weighted by Crippen LogP contribution is -2.14. The van der Waals surface area contributed by atoms with Gasteiger partial charge in [0, 0.05) is 19.3 Å². The maximum Gasteiger partial charge on any atom is 0.330 e. The zero-order chi connectivity index (χ0) is 19.0. The van der Waals surface area contributed by atoms with Crippen LogP contribution in [0.5, 0.6) is 0 Å². The first-order chi connectivity index (χ1) is 12.7. The van der Waals surface area contributed by atoms with Crippen LogP contribution in [0, 0.1) is 0 Å². The number of esters is 1. The van der Waals surface area contributed by atoms with Crippen LogP contribution in [0.3, 0.4) is 0 Å². The second-order valence-corrected chi connectivity index (χ2v) is 6.25. The van der Waals surface area contributed by atoms with Gasteiger partial charge in [-0.3, -0.25) is 0 Å². The van der Waals surface area contributed by atoms with Gasteiger partial charge in [0.15, 0.2) is 6.10 Å². The summed E-state index contributed by atoms with van der Waals surface area (Å²) < 4.78 is 15.2. The van der Waals surface area contributed by atoms with Crippen LogP contribution in [0.1, 0.15) is 64.0 Å². The number of carbonyl (C=O) groups excluding carboxylic acids is 1. The molecule has 4 nitrogen and oxygen atoms in total. The zero-order valence-electron chi connectivity index (χ0n) is 16.3. The Morgan fingerprint density at radius 2 is 1.62 bits per heavy atom. The quantitative estimate of drug-likeness (QED) is 0.394. The summed E-state index contributed by atoms with van der Waals surface area (Å²) in [5, 5.41) is 0. The molecule has 0 spiro atoms. The normalized spacial score (nSPS) is 18.9. The number of benzene rings is 1. The van der Waals surface area contributed by atoms with Gasteiger partial charge < -0.3 is 14.2 Å². The second-order valence-electron chi connectivity index (χ2n) is 6.25. The van der Waals surface area contributed by atoms with Crippen molar-refractivity contribution in [2.24, 2.45) is 0 Å². The number of hydrogen-bond donors (Lipinski definition) is 0. The minimum Gasteiger partial charge on any atom is -0.451 e. The molecule has 0 N–H and O–H groups in total. The topological polar surface area (TPSA) is 48.1 Å². The molecule has 2 unspecified atom stereocenters. The molecule has 1 aromatic carbocycles. The average Bonchev–Trinajstić information content (AvgIpc) is 3.55. The molecule has 1 saturated heterocycles. The van der Waals surface area contributed by atoms with E-state index in [2.05, 4.69) is 6.58 Å². The molecule has 3 rings (SSSR count). The fourth-order valence-electron chi connectivity index (χ4n) is 2.67. The molecule has 26 heavy (non-hydrogen) atoms. The van der Waals surface area contributed by atoms with E-state index in [4.69, 9.17) is 14.2 Å². The Morgan fingerprint density at radius 1 is 1.12 bits per heavy atom. The SMILES string of the molecule is C1CCCCC1.C=CC(=O)OC(c1ccccc1)C1CO1.CCOCC. The average molecular weight is 363 g/mol. The van der Waals surface area contributed by atoms with E-state index in [1.165, 1.54) is 38.5 Å². The Labute approximate surface area is 158 Å². The van der Waals surface area contributed by atoms with Gasteiger partial charge in [-0.1, -0.05) is 75.4 Å². The van der Waals surface area contributed by atoms with Crippen LogP contribution in [0.25, 0.3) is 0 Å². The van der Waals surface area contributed by atoms with Crippen LogP contribution >= 0.6 is 0 Å². The highest BCUT2D eigenvalue weighted by molar-refractivity contribution is 5.81. The molecule has 1 aliphatic heterocycles. The van der Waals surface area contributed by atoms with Crippen molar-refractivity contribution < 1.29 is 19.0 Å². The van der Waals surface area contributed by atoms with Crippen molar-refractivity contribution >= 4 is 5.97 Å². The smallest absolute Gasteiger partial charge is 0.330 e. The molecule has 1 aliphatic carbocycles. The molecule has 1 saturated carbocycles. The number of rotatable bonds is 6. The first-order valence-electron chi connectivity index (χ1n) is 9.80. The number of ether oxygens (including phenoxy) is 3. The highest BCUT2D eigenvalue weighted by Gasteiger charge is 2.36. The second kappa shape index (κ2) is 14.5. The van der Waals surface area contributed by atoms with E-state index in [0.717, 1.165) is 24.9 Å². The summed E-state index contributed by atoms with van der Waals surface area (Å²) in [4.78, 5) is 11.1. The van der Waals surface area contributed by atoms with E-state index in [0.29, 0.717) is 6.61 Å².